The minimum Gasteiger partial charge on any atom is -0.497 e. The first-order valence-electron chi connectivity index (χ1n) is 4.86. The Bertz CT molecular complexity index is 365. The van der Waals surface area contributed by atoms with Crippen molar-refractivity contribution in [1.29, 1.82) is 0 Å². The molecule has 0 aliphatic heterocycles. The molecule has 1 aromatic carbocycles. The Labute approximate surface area is 93.8 Å². The lowest BCUT2D eigenvalue weighted by Gasteiger charge is -2.10. The molecule has 16 heavy (non-hydrogen) atoms. The number of methoxy groups -OCH3 is 1. The van der Waals surface area contributed by atoms with E-state index in [0.717, 1.165) is 0 Å². The van der Waals surface area contributed by atoms with Gasteiger partial charge in [0.2, 0.25) is 5.91 Å². The average molecular weight is 225 g/mol. The average Bonchev–Trinajstić information content (AvgIpc) is 2.28. The molecule has 88 valence electrons. The molecule has 0 aromatic heterocycles. The molecule has 0 fully saturated rings. The maximum Gasteiger partial charge on any atom is 0.220 e. The van der Waals surface area contributed by atoms with E-state index >= 15 is 0 Å². The number of primary amides is 1. The predicted octanol–water partition coefficient (Wildman–Crippen LogP) is 0.442. The Morgan fingerprint density at radius 3 is 2.81 bits per heavy atom. The maximum absolute atomic E-state index is 10.5. The van der Waals surface area contributed by atoms with E-state index in [9.17, 15) is 4.79 Å². The van der Waals surface area contributed by atoms with Crippen molar-refractivity contribution < 1.29 is 19.4 Å². The van der Waals surface area contributed by atoms with E-state index in [1.54, 1.807) is 25.3 Å². The van der Waals surface area contributed by atoms with Crippen LogP contribution in [0.4, 0.5) is 0 Å². The van der Waals surface area contributed by atoms with Crippen molar-refractivity contribution in [3.63, 3.8) is 0 Å². The first-order valence-corrected chi connectivity index (χ1v) is 4.86. The summed E-state index contributed by atoms with van der Waals surface area (Å²) in [5, 5.41) is 9.08. The van der Waals surface area contributed by atoms with Crippen LogP contribution in [0.15, 0.2) is 18.2 Å². The molecule has 0 aliphatic rings. The highest BCUT2D eigenvalue weighted by Crippen LogP contribution is 2.24. The van der Waals surface area contributed by atoms with E-state index in [1.807, 2.05) is 0 Å². The van der Waals surface area contributed by atoms with Gasteiger partial charge in [-0.05, 0) is 12.1 Å². The van der Waals surface area contributed by atoms with Crippen LogP contribution >= 0.6 is 0 Å². The zero-order valence-electron chi connectivity index (χ0n) is 9.10. The summed E-state index contributed by atoms with van der Waals surface area (Å²) in [6, 6.07) is 5.09. The smallest absolute Gasteiger partial charge is 0.220 e. The maximum atomic E-state index is 10.5. The van der Waals surface area contributed by atoms with Crippen molar-refractivity contribution in [2.75, 3.05) is 13.7 Å². The van der Waals surface area contributed by atoms with E-state index < -0.39 is 5.91 Å². The molecule has 1 aromatic rings. The van der Waals surface area contributed by atoms with Crippen molar-refractivity contribution in [2.45, 2.75) is 13.0 Å². The molecule has 0 unspecified atom stereocenters. The van der Waals surface area contributed by atoms with Gasteiger partial charge in [0.15, 0.2) is 0 Å². The number of benzene rings is 1. The van der Waals surface area contributed by atoms with E-state index in [1.165, 1.54) is 0 Å². The Kier molecular flexibility index (Phi) is 4.60. The highest BCUT2D eigenvalue weighted by molar-refractivity contribution is 5.73. The lowest BCUT2D eigenvalue weighted by Crippen LogP contribution is -2.15. The van der Waals surface area contributed by atoms with Crippen LogP contribution in [-0.4, -0.2) is 24.7 Å². The fourth-order valence-corrected chi connectivity index (χ4v) is 1.19. The van der Waals surface area contributed by atoms with Gasteiger partial charge in [0.05, 0.1) is 26.7 Å². The molecular weight excluding hydrogens is 210 g/mol. The largest absolute Gasteiger partial charge is 0.497 e. The van der Waals surface area contributed by atoms with Crippen LogP contribution in [0.5, 0.6) is 11.5 Å². The van der Waals surface area contributed by atoms with Gasteiger partial charge in [-0.25, -0.2) is 0 Å². The third-order valence-electron chi connectivity index (χ3n) is 2.05. The molecule has 0 heterocycles. The van der Waals surface area contributed by atoms with Gasteiger partial charge in [-0.15, -0.1) is 0 Å². The van der Waals surface area contributed by atoms with Crippen LogP contribution in [0, 0.1) is 0 Å². The van der Waals surface area contributed by atoms with Crippen LogP contribution in [-0.2, 0) is 11.4 Å². The molecule has 5 heteroatoms. The number of aliphatic hydroxyl groups excluding tert-OH is 1. The molecule has 1 amide bonds. The van der Waals surface area contributed by atoms with Crippen LogP contribution in [0.25, 0.3) is 0 Å². The fraction of sp³-hybridized carbons (Fsp3) is 0.364. The molecule has 3 N–H and O–H groups in total. The Morgan fingerprint density at radius 1 is 1.50 bits per heavy atom. The molecule has 0 spiro atoms. The van der Waals surface area contributed by atoms with Crippen molar-refractivity contribution in [2.24, 2.45) is 5.73 Å². The molecule has 0 saturated heterocycles. The molecule has 1 rings (SSSR count). The second-order valence-corrected chi connectivity index (χ2v) is 3.20. The number of amides is 1. The van der Waals surface area contributed by atoms with Crippen molar-refractivity contribution >= 4 is 5.91 Å². The summed E-state index contributed by atoms with van der Waals surface area (Å²) in [4.78, 5) is 10.5. The summed E-state index contributed by atoms with van der Waals surface area (Å²) in [5.41, 5.74) is 5.63. The van der Waals surface area contributed by atoms with Crippen LogP contribution in [0.3, 0.4) is 0 Å². The lowest BCUT2D eigenvalue weighted by atomic mass is 10.2. The zero-order chi connectivity index (χ0) is 12.0. The minimum atomic E-state index is -0.423. The van der Waals surface area contributed by atoms with Gasteiger partial charge < -0.3 is 20.3 Å². The van der Waals surface area contributed by atoms with Gasteiger partial charge in [0, 0.05) is 11.6 Å². The lowest BCUT2D eigenvalue weighted by molar-refractivity contribution is -0.118. The molecule has 0 aliphatic carbocycles. The van der Waals surface area contributed by atoms with Gasteiger partial charge >= 0.3 is 0 Å². The van der Waals surface area contributed by atoms with Gasteiger partial charge in [-0.3, -0.25) is 4.79 Å². The summed E-state index contributed by atoms with van der Waals surface area (Å²) in [6.07, 6.45) is 0.141. The van der Waals surface area contributed by atoms with Gasteiger partial charge in [-0.1, -0.05) is 0 Å². The molecule has 0 radical (unpaired) electrons. The zero-order valence-corrected chi connectivity index (χ0v) is 9.10. The van der Waals surface area contributed by atoms with Gasteiger partial charge in [-0.2, -0.15) is 0 Å². The predicted molar refractivity (Wildman–Crippen MR) is 58.2 cm³/mol. The van der Waals surface area contributed by atoms with Crippen LogP contribution in [0.1, 0.15) is 12.0 Å². The van der Waals surface area contributed by atoms with Gasteiger partial charge in [0.25, 0.3) is 0 Å². The normalized spacial score (nSPS) is 9.88. The quantitative estimate of drug-likeness (QED) is 0.736. The number of carbonyl (C=O) groups is 1. The van der Waals surface area contributed by atoms with E-state index in [0.29, 0.717) is 17.1 Å². The second-order valence-electron chi connectivity index (χ2n) is 3.20. The first-order chi connectivity index (χ1) is 7.67. The third kappa shape index (κ3) is 3.43. The Morgan fingerprint density at radius 2 is 2.25 bits per heavy atom. The number of ether oxygens (including phenoxy) is 2. The van der Waals surface area contributed by atoms with E-state index in [2.05, 4.69) is 0 Å². The Hall–Kier alpha value is -1.75. The highest BCUT2D eigenvalue weighted by Gasteiger charge is 2.05. The second kappa shape index (κ2) is 5.97. The van der Waals surface area contributed by atoms with E-state index in [4.69, 9.17) is 20.3 Å². The van der Waals surface area contributed by atoms with Crippen molar-refractivity contribution in [3.8, 4) is 11.5 Å². The summed E-state index contributed by atoms with van der Waals surface area (Å²) in [6.45, 7) is 0.0609. The standard InChI is InChI=1S/C11H15NO4/c1-15-9-3-2-8(7-13)10(6-9)16-5-4-11(12)14/h2-3,6,13H,4-5,7H2,1H3,(H2,12,14). The minimum absolute atomic E-state index is 0.129. The molecule has 0 atom stereocenters. The number of nitrogens with two attached hydrogens (primary N) is 1. The number of aliphatic hydroxyl groups is 1. The molecule has 5 nitrogen and oxygen atoms in total. The monoisotopic (exact) mass is 225 g/mol. The van der Waals surface area contributed by atoms with Crippen molar-refractivity contribution in [1.82, 2.24) is 0 Å². The number of hydrogen-bond acceptors (Lipinski definition) is 4. The SMILES string of the molecule is COc1ccc(CO)c(OCCC(N)=O)c1. The number of rotatable bonds is 6. The molecule has 0 saturated carbocycles. The summed E-state index contributed by atoms with van der Waals surface area (Å²) in [7, 11) is 1.54. The summed E-state index contributed by atoms with van der Waals surface area (Å²) in [5.74, 6) is 0.711. The first kappa shape index (κ1) is 12.3. The van der Waals surface area contributed by atoms with Crippen molar-refractivity contribution in [3.05, 3.63) is 23.8 Å². The third-order valence-corrected chi connectivity index (χ3v) is 2.05. The highest BCUT2D eigenvalue weighted by atomic mass is 16.5. The van der Waals surface area contributed by atoms with Crippen LogP contribution in [0.2, 0.25) is 0 Å². The molecule has 0 bridgehead atoms. The van der Waals surface area contributed by atoms with E-state index in [-0.39, 0.29) is 19.6 Å². The molecular formula is C11H15NO4. The topological polar surface area (TPSA) is 81.8 Å². The Balaban J connectivity index is 2.71. The fourth-order valence-electron chi connectivity index (χ4n) is 1.19. The number of hydrogen-bond donors (Lipinski definition) is 2. The van der Waals surface area contributed by atoms with Crippen LogP contribution < -0.4 is 15.2 Å². The number of carbonyl (C=O) groups excluding carboxylic acids is 1. The summed E-state index contributed by atoms with van der Waals surface area (Å²) < 4.78 is 10.4. The van der Waals surface area contributed by atoms with Gasteiger partial charge in [0.1, 0.15) is 11.5 Å². The summed E-state index contributed by atoms with van der Waals surface area (Å²) >= 11 is 0.